The first-order chi connectivity index (χ1) is 10.1. The van der Waals surface area contributed by atoms with Crippen molar-refractivity contribution in [1.29, 1.82) is 0 Å². The van der Waals surface area contributed by atoms with Crippen LogP contribution in [0.25, 0.3) is 0 Å². The number of ether oxygens (including phenoxy) is 1. The molecule has 0 saturated carbocycles. The Hall–Kier alpha value is -1.81. The molecule has 0 unspecified atom stereocenters. The van der Waals surface area contributed by atoms with E-state index in [0.29, 0.717) is 12.5 Å². The van der Waals surface area contributed by atoms with E-state index in [4.69, 9.17) is 4.74 Å². The summed E-state index contributed by atoms with van der Waals surface area (Å²) in [4.78, 5) is 4.30. The van der Waals surface area contributed by atoms with Crippen LogP contribution in [0, 0.1) is 12.8 Å². The molecule has 0 aliphatic carbocycles. The third kappa shape index (κ3) is 4.33. The predicted molar refractivity (Wildman–Crippen MR) is 85.3 cm³/mol. The topological polar surface area (TPSA) is 39.1 Å². The number of hydrogen-bond acceptors (Lipinski definition) is 3. The van der Waals surface area contributed by atoms with Crippen LogP contribution in [-0.2, 0) is 20.2 Å². The summed E-state index contributed by atoms with van der Waals surface area (Å²) in [6.45, 7) is 8.83. The van der Waals surface area contributed by atoms with Gasteiger partial charge in [0, 0.05) is 31.5 Å². The van der Waals surface area contributed by atoms with Crippen molar-refractivity contribution >= 4 is 0 Å². The maximum absolute atomic E-state index is 6.03. The second kappa shape index (κ2) is 7.27. The van der Waals surface area contributed by atoms with E-state index in [9.17, 15) is 0 Å². The largest absolute Gasteiger partial charge is 0.485 e. The van der Waals surface area contributed by atoms with Crippen LogP contribution in [0.15, 0.2) is 30.6 Å². The van der Waals surface area contributed by atoms with E-state index in [1.807, 2.05) is 17.8 Å². The molecule has 1 aromatic heterocycles. The molecule has 4 heteroatoms. The van der Waals surface area contributed by atoms with Crippen molar-refractivity contribution in [3.8, 4) is 5.75 Å². The number of nitrogens with zero attached hydrogens (tertiary/aromatic N) is 2. The fourth-order valence-corrected chi connectivity index (χ4v) is 2.23. The van der Waals surface area contributed by atoms with Gasteiger partial charge in [-0.2, -0.15) is 0 Å². The van der Waals surface area contributed by atoms with E-state index in [1.165, 1.54) is 5.56 Å². The highest BCUT2D eigenvalue weighted by molar-refractivity contribution is 5.40. The minimum absolute atomic E-state index is 0.492. The molecule has 0 amide bonds. The van der Waals surface area contributed by atoms with Crippen molar-refractivity contribution in [1.82, 2.24) is 14.9 Å². The molecule has 1 aromatic carbocycles. The number of rotatable bonds is 7. The van der Waals surface area contributed by atoms with Crippen LogP contribution in [0.3, 0.4) is 0 Å². The number of aryl methyl sites for hydroxylation is 2. The Labute approximate surface area is 127 Å². The molecule has 0 radical (unpaired) electrons. The summed E-state index contributed by atoms with van der Waals surface area (Å²) < 4.78 is 8.01. The number of benzene rings is 1. The second-order valence-corrected chi connectivity index (χ2v) is 5.83. The minimum Gasteiger partial charge on any atom is -0.485 e. The van der Waals surface area contributed by atoms with Crippen molar-refractivity contribution in [2.75, 3.05) is 6.54 Å². The van der Waals surface area contributed by atoms with Crippen molar-refractivity contribution in [3.05, 3.63) is 47.5 Å². The lowest BCUT2D eigenvalue weighted by Crippen LogP contribution is -2.19. The summed E-state index contributed by atoms with van der Waals surface area (Å²) in [5, 5.41) is 3.47. The van der Waals surface area contributed by atoms with E-state index < -0.39 is 0 Å². The van der Waals surface area contributed by atoms with Crippen molar-refractivity contribution in [2.24, 2.45) is 13.0 Å². The monoisotopic (exact) mass is 287 g/mol. The molecule has 1 N–H and O–H groups in total. The van der Waals surface area contributed by atoms with Gasteiger partial charge in [0.15, 0.2) is 0 Å². The van der Waals surface area contributed by atoms with E-state index in [-0.39, 0.29) is 0 Å². The molecule has 0 atom stereocenters. The van der Waals surface area contributed by atoms with E-state index >= 15 is 0 Å². The summed E-state index contributed by atoms with van der Waals surface area (Å²) in [6.07, 6.45) is 3.73. The highest BCUT2D eigenvalue weighted by atomic mass is 16.5. The Bertz CT molecular complexity index is 575. The van der Waals surface area contributed by atoms with E-state index in [0.717, 1.165) is 30.2 Å². The minimum atomic E-state index is 0.492. The molecule has 0 aliphatic heterocycles. The van der Waals surface area contributed by atoms with Crippen LogP contribution in [0.5, 0.6) is 5.75 Å². The van der Waals surface area contributed by atoms with Gasteiger partial charge < -0.3 is 14.6 Å². The van der Waals surface area contributed by atoms with Crippen LogP contribution in [0.2, 0.25) is 0 Å². The number of aromatic nitrogens is 2. The quantitative estimate of drug-likeness (QED) is 0.850. The fraction of sp³-hybridized carbons (Fsp3) is 0.471. The van der Waals surface area contributed by atoms with E-state index in [2.05, 4.69) is 49.3 Å². The Morgan fingerprint density at radius 2 is 2.14 bits per heavy atom. The molecule has 0 bridgehead atoms. The molecule has 0 spiro atoms. The van der Waals surface area contributed by atoms with Crippen molar-refractivity contribution in [3.63, 3.8) is 0 Å². The Kier molecular flexibility index (Phi) is 5.39. The van der Waals surface area contributed by atoms with Crippen LogP contribution in [0.1, 0.15) is 30.8 Å². The third-order valence-corrected chi connectivity index (χ3v) is 3.43. The second-order valence-electron chi connectivity index (χ2n) is 5.83. The number of imidazole rings is 1. The van der Waals surface area contributed by atoms with Gasteiger partial charge in [0.2, 0.25) is 0 Å². The molecule has 114 valence electrons. The zero-order valence-electron chi connectivity index (χ0n) is 13.4. The molecule has 0 fully saturated rings. The molecule has 21 heavy (non-hydrogen) atoms. The Morgan fingerprint density at radius 1 is 1.33 bits per heavy atom. The average molecular weight is 287 g/mol. The van der Waals surface area contributed by atoms with Crippen LogP contribution in [-0.4, -0.2) is 16.1 Å². The Balaban J connectivity index is 2.05. The van der Waals surface area contributed by atoms with Gasteiger partial charge in [-0.15, -0.1) is 0 Å². The number of nitrogens with one attached hydrogen (secondary N) is 1. The lowest BCUT2D eigenvalue weighted by atomic mass is 10.1. The average Bonchev–Trinajstić information content (AvgIpc) is 2.83. The molecular weight excluding hydrogens is 262 g/mol. The van der Waals surface area contributed by atoms with Crippen LogP contribution < -0.4 is 10.1 Å². The van der Waals surface area contributed by atoms with Crippen molar-refractivity contribution < 1.29 is 4.74 Å². The summed E-state index contributed by atoms with van der Waals surface area (Å²) in [5.41, 5.74) is 2.36. The zero-order chi connectivity index (χ0) is 15.2. The first kappa shape index (κ1) is 15.6. The highest BCUT2D eigenvalue weighted by Gasteiger charge is 2.09. The number of para-hydroxylation sites is 1. The molecule has 2 aromatic rings. The Morgan fingerprint density at radius 3 is 2.81 bits per heavy atom. The van der Waals surface area contributed by atoms with Gasteiger partial charge in [0.05, 0.1) is 0 Å². The molecule has 2 rings (SSSR count). The zero-order valence-corrected chi connectivity index (χ0v) is 13.4. The van der Waals surface area contributed by atoms with Gasteiger partial charge >= 0.3 is 0 Å². The summed E-state index contributed by atoms with van der Waals surface area (Å²) >= 11 is 0. The normalized spacial score (nSPS) is 11.1. The van der Waals surface area contributed by atoms with Crippen LogP contribution >= 0.6 is 0 Å². The van der Waals surface area contributed by atoms with Gasteiger partial charge in [-0.1, -0.05) is 32.0 Å². The molecule has 0 saturated heterocycles. The first-order valence-corrected chi connectivity index (χ1v) is 7.46. The highest BCUT2D eigenvalue weighted by Crippen LogP contribution is 2.24. The maximum Gasteiger partial charge on any atom is 0.146 e. The van der Waals surface area contributed by atoms with Crippen LogP contribution in [0.4, 0.5) is 0 Å². The van der Waals surface area contributed by atoms with Gasteiger partial charge in [0.25, 0.3) is 0 Å². The predicted octanol–water partition coefficient (Wildman–Crippen LogP) is 3.05. The summed E-state index contributed by atoms with van der Waals surface area (Å²) in [6, 6.07) is 6.28. The van der Waals surface area contributed by atoms with Crippen molar-refractivity contribution in [2.45, 2.75) is 33.9 Å². The molecular formula is C17H25N3O. The summed E-state index contributed by atoms with van der Waals surface area (Å²) in [5.74, 6) is 2.54. The number of hydrogen-bond donors (Lipinski definition) is 1. The lowest BCUT2D eigenvalue weighted by Gasteiger charge is -2.15. The smallest absolute Gasteiger partial charge is 0.146 e. The third-order valence-electron chi connectivity index (χ3n) is 3.43. The molecule has 1 heterocycles. The molecule has 4 nitrogen and oxygen atoms in total. The molecule has 0 aliphatic rings. The van der Waals surface area contributed by atoms with Gasteiger partial charge in [-0.05, 0) is 24.9 Å². The first-order valence-electron chi connectivity index (χ1n) is 7.46. The fourth-order valence-electron chi connectivity index (χ4n) is 2.23. The van der Waals surface area contributed by atoms with Gasteiger partial charge in [-0.3, -0.25) is 0 Å². The van der Waals surface area contributed by atoms with Gasteiger partial charge in [0.1, 0.15) is 18.2 Å². The SMILES string of the molecule is Cc1cccc(CNCC(C)C)c1OCc1nccn1C. The summed E-state index contributed by atoms with van der Waals surface area (Å²) in [7, 11) is 1.98. The van der Waals surface area contributed by atoms with E-state index in [1.54, 1.807) is 6.20 Å². The maximum atomic E-state index is 6.03. The van der Waals surface area contributed by atoms with Gasteiger partial charge in [-0.25, -0.2) is 4.98 Å². The lowest BCUT2D eigenvalue weighted by molar-refractivity contribution is 0.286. The standard InChI is InChI=1S/C17H25N3O/c1-13(2)10-18-11-15-7-5-6-14(3)17(15)21-12-16-19-8-9-20(16)4/h5-9,13,18H,10-12H2,1-4H3.